The van der Waals surface area contributed by atoms with Gasteiger partial charge in [0.05, 0.1) is 17.3 Å². The van der Waals surface area contributed by atoms with Gasteiger partial charge in [0.25, 0.3) is 0 Å². The van der Waals surface area contributed by atoms with Crippen molar-refractivity contribution in [3.05, 3.63) is 47.4 Å². The van der Waals surface area contributed by atoms with Crippen LogP contribution in [0, 0.1) is 0 Å². The monoisotopic (exact) mass is 340 g/mol. The van der Waals surface area contributed by atoms with Crippen molar-refractivity contribution in [3.8, 4) is 0 Å². The number of hydrogen-bond donors (Lipinski definition) is 0. The van der Waals surface area contributed by atoms with Crippen molar-refractivity contribution in [2.75, 3.05) is 5.75 Å². The number of thioether (sulfide) groups is 1. The van der Waals surface area contributed by atoms with Crippen LogP contribution in [0.4, 0.5) is 0 Å². The van der Waals surface area contributed by atoms with Crippen LogP contribution in [0.3, 0.4) is 0 Å². The van der Waals surface area contributed by atoms with Crippen LogP contribution in [0.2, 0.25) is 0 Å². The second-order valence-corrected chi connectivity index (χ2v) is 6.56. The minimum absolute atomic E-state index is 0.141. The molecule has 0 bridgehead atoms. The minimum Gasteiger partial charge on any atom is -0.293 e. The Bertz CT molecular complexity index is 888. The molecule has 0 N–H and O–H groups in total. The Hall–Kier alpha value is -2.21. The zero-order valence-electron chi connectivity index (χ0n) is 14.1. The van der Waals surface area contributed by atoms with Gasteiger partial charge >= 0.3 is 0 Å². The Kier molecular flexibility index (Phi) is 4.94. The third kappa shape index (κ3) is 3.19. The first-order valence-corrected chi connectivity index (χ1v) is 9.03. The van der Waals surface area contributed by atoms with E-state index in [1.165, 1.54) is 23.7 Å². The summed E-state index contributed by atoms with van der Waals surface area (Å²) in [7, 11) is 1.85. The van der Waals surface area contributed by atoms with Gasteiger partial charge < -0.3 is 0 Å². The summed E-state index contributed by atoms with van der Waals surface area (Å²) in [6.07, 6.45) is 5.05. The van der Waals surface area contributed by atoms with Crippen molar-refractivity contribution in [2.24, 2.45) is 7.05 Å². The van der Waals surface area contributed by atoms with Crippen LogP contribution in [-0.2, 0) is 19.9 Å². The average Bonchev–Trinajstić information content (AvgIpc) is 3.01. The predicted molar refractivity (Wildman–Crippen MR) is 96.6 cm³/mol. The number of nitrogens with zero attached hydrogens (tertiary/aromatic N) is 4. The van der Waals surface area contributed by atoms with E-state index in [2.05, 4.69) is 41.0 Å². The predicted octanol–water partition coefficient (Wildman–Crippen LogP) is 3.46. The van der Waals surface area contributed by atoms with Crippen molar-refractivity contribution >= 4 is 28.6 Å². The molecule has 3 rings (SSSR count). The van der Waals surface area contributed by atoms with Crippen molar-refractivity contribution < 1.29 is 4.79 Å². The second-order valence-electron chi connectivity index (χ2n) is 5.59. The van der Waals surface area contributed by atoms with E-state index in [9.17, 15) is 4.79 Å². The lowest BCUT2D eigenvalue weighted by atomic mass is 9.98. The van der Waals surface area contributed by atoms with Crippen LogP contribution in [0.25, 0.3) is 11.0 Å². The summed E-state index contributed by atoms with van der Waals surface area (Å²) in [5, 5.41) is 5.89. The summed E-state index contributed by atoms with van der Waals surface area (Å²) in [6, 6.07) is 6.20. The summed E-state index contributed by atoms with van der Waals surface area (Å²) in [6.45, 7) is 4.18. The van der Waals surface area contributed by atoms with Gasteiger partial charge in [-0.2, -0.15) is 5.10 Å². The van der Waals surface area contributed by atoms with Crippen LogP contribution >= 0.6 is 11.8 Å². The first-order valence-electron chi connectivity index (χ1n) is 8.04. The Balaban J connectivity index is 1.82. The highest BCUT2D eigenvalue weighted by molar-refractivity contribution is 8.00. The van der Waals surface area contributed by atoms with Gasteiger partial charge in [-0.1, -0.05) is 37.7 Å². The van der Waals surface area contributed by atoms with Crippen molar-refractivity contribution in [2.45, 2.75) is 31.7 Å². The van der Waals surface area contributed by atoms with Crippen LogP contribution < -0.4 is 0 Å². The number of ketones is 1. The highest BCUT2D eigenvalue weighted by Crippen LogP contribution is 2.25. The third-order valence-electron chi connectivity index (χ3n) is 4.10. The van der Waals surface area contributed by atoms with Gasteiger partial charge in [0, 0.05) is 12.6 Å². The zero-order chi connectivity index (χ0) is 17.1. The smallest absolute Gasteiger partial charge is 0.173 e. The lowest BCUT2D eigenvalue weighted by Crippen LogP contribution is -2.07. The van der Waals surface area contributed by atoms with E-state index in [4.69, 9.17) is 0 Å². The molecule has 0 aliphatic heterocycles. The zero-order valence-corrected chi connectivity index (χ0v) is 14.9. The molecule has 6 heteroatoms. The highest BCUT2D eigenvalue weighted by Gasteiger charge is 2.14. The van der Waals surface area contributed by atoms with Gasteiger partial charge in [0.2, 0.25) is 0 Å². The molecule has 0 atom stereocenters. The molecule has 0 saturated heterocycles. The standard InChI is InChI=1S/C18H20N4OS/c1-4-12-6-7-13(5-2)14(8-12)16(23)10-24-18-15-9-21-22(3)17(15)19-11-20-18/h6-9,11H,4-5,10H2,1-3H3. The molecule has 0 amide bonds. The van der Waals surface area contributed by atoms with Crippen molar-refractivity contribution in [1.82, 2.24) is 19.7 Å². The molecular weight excluding hydrogens is 320 g/mol. The van der Waals surface area contributed by atoms with Crippen molar-refractivity contribution in [3.63, 3.8) is 0 Å². The quantitative estimate of drug-likeness (QED) is 0.391. The first-order chi connectivity index (χ1) is 11.6. The molecular formula is C18H20N4OS. The Morgan fingerprint density at radius 3 is 2.79 bits per heavy atom. The fourth-order valence-corrected chi connectivity index (χ4v) is 3.52. The Labute approximate surface area is 145 Å². The number of carbonyl (C=O) groups excluding carboxylic acids is 1. The van der Waals surface area contributed by atoms with E-state index in [-0.39, 0.29) is 5.78 Å². The van der Waals surface area contributed by atoms with E-state index < -0.39 is 0 Å². The molecule has 124 valence electrons. The maximum Gasteiger partial charge on any atom is 0.173 e. The fraction of sp³-hybridized carbons (Fsp3) is 0.333. The lowest BCUT2D eigenvalue weighted by Gasteiger charge is -2.09. The van der Waals surface area contributed by atoms with Gasteiger partial charge in [0.1, 0.15) is 11.4 Å². The lowest BCUT2D eigenvalue weighted by molar-refractivity contribution is 0.102. The largest absolute Gasteiger partial charge is 0.293 e. The summed E-state index contributed by atoms with van der Waals surface area (Å²) >= 11 is 1.44. The van der Waals surface area contributed by atoms with Gasteiger partial charge in [-0.05, 0) is 30.0 Å². The molecule has 0 aliphatic rings. The van der Waals surface area contributed by atoms with Gasteiger partial charge in [-0.3, -0.25) is 9.48 Å². The van der Waals surface area contributed by atoms with Gasteiger partial charge in [-0.25, -0.2) is 9.97 Å². The molecule has 0 unspecified atom stereocenters. The molecule has 2 aromatic heterocycles. The molecule has 0 fully saturated rings. The molecule has 3 aromatic rings. The van der Waals surface area contributed by atoms with Crippen LogP contribution in [-0.4, -0.2) is 31.3 Å². The molecule has 5 nitrogen and oxygen atoms in total. The maximum atomic E-state index is 12.7. The molecule has 0 radical (unpaired) electrons. The Morgan fingerprint density at radius 1 is 1.21 bits per heavy atom. The molecule has 1 aromatic carbocycles. The number of carbonyl (C=O) groups is 1. The number of hydrogen-bond acceptors (Lipinski definition) is 5. The molecule has 0 saturated carbocycles. The summed E-state index contributed by atoms with van der Waals surface area (Å²) < 4.78 is 1.71. The van der Waals surface area contributed by atoms with E-state index in [0.717, 1.165) is 40.0 Å². The fourth-order valence-electron chi connectivity index (χ4n) is 2.68. The minimum atomic E-state index is 0.141. The van der Waals surface area contributed by atoms with E-state index in [0.29, 0.717) is 5.75 Å². The Morgan fingerprint density at radius 2 is 2.04 bits per heavy atom. The number of aromatic nitrogens is 4. The molecule has 24 heavy (non-hydrogen) atoms. The number of fused-ring (bicyclic) bond motifs is 1. The van der Waals surface area contributed by atoms with Crippen LogP contribution in [0.5, 0.6) is 0 Å². The van der Waals surface area contributed by atoms with E-state index in [1.54, 1.807) is 10.9 Å². The normalized spacial score (nSPS) is 11.1. The van der Waals surface area contributed by atoms with E-state index in [1.807, 2.05) is 13.1 Å². The number of Topliss-reactive ketones (excluding diaryl/α,β-unsaturated/α-hetero) is 1. The van der Waals surface area contributed by atoms with E-state index >= 15 is 0 Å². The number of aryl methyl sites for hydroxylation is 3. The summed E-state index contributed by atoms with van der Waals surface area (Å²) in [5.74, 6) is 0.504. The SMILES string of the molecule is CCc1ccc(CC)c(C(=O)CSc2ncnc3c2cnn3C)c1. The van der Waals surface area contributed by atoms with Crippen LogP contribution in [0.15, 0.2) is 35.7 Å². The highest BCUT2D eigenvalue weighted by atomic mass is 32.2. The molecule has 2 heterocycles. The van der Waals surface area contributed by atoms with Crippen LogP contribution in [0.1, 0.15) is 35.3 Å². The van der Waals surface area contributed by atoms with Gasteiger partial charge in [-0.15, -0.1) is 0 Å². The topological polar surface area (TPSA) is 60.7 Å². The first kappa shape index (κ1) is 16.6. The number of benzene rings is 1. The second kappa shape index (κ2) is 7.13. The third-order valence-corrected chi connectivity index (χ3v) is 5.10. The summed E-state index contributed by atoms with van der Waals surface area (Å²) in [4.78, 5) is 21.3. The summed E-state index contributed by atoms with van der Waals surface area (Å²) in [5.41, 5.74) is 3.91. The molecule has 0 spiro atoms. The maximum absolute atomic E-state index is 12.7. The van der Waals surface area contributed by atoms with Gasteiger partial charge in [0.15, 0.2) is 11.4 Å². The molecule has 0 aliphatic carbocycles. The van der Waals surface area contributed by atoms with Crippen molar-refractivity contribution in [1.29, 1.82) is 0 Å². The number of rotatable bonds is 6. The average molecular weight is 340 g/mol.